The Morgan fingerprint density at radius 1 is 1.82 bits per heavy atom. The summed E-state index contributed by atoms with van der Waals surface area (Å²) in [4.78, 5) is 12.5. The van der Waals surface area contributed by atoms with Crippen molar-refractivity contribution in [2.24, 2.45) is 0 Å². The van der Waals surface area contributed by atoms with Crippen LogP contribution in [0.1, 0.15) is 12.8 Å². The normalized spacial score (nSPS) is 23.3. The van der Waals surface area contributed by atoms with Crippen LogP contribution in [0.15, 0.2) is 0 Å². The van der Waals surface area contributed by atoms with Crippen molar-refractivity contribution in [1.29, 1.82) is 5.26 Å². The Morgan fingerprint density at radius 2 is 2.55 bits per heavy atom. The summed E-state index contributed by atoms with van der Waals surface area (Å²) < 4.78 is 0. The van der Waals surface area contributed by atoms with Gasteiger partial charge < -0.3 is 4.90 Å². The van der Waals surface area contributed by atoms with E-state index in [1.807, 2.05) is 0 Å². The third kappa shape index (κ3) is 1.49. The molecule has 0 spiro atoms. The maximum atomic E-state index is 11.0. The summed E-state index contributed by atoms with van der Waals surface area (Å²) in [5.41, 5.74) is 6.84. The molecule has 59 valence electrons. The molecule has 1 heterocycles. The standard InChI is InChI=1S/C7H10N3O/c8-4-6-2-1-3-10(6)7(11)5-9/h6,9H,1-3,5H2. The average molecular weight is 152 g/mol. The Kier molecular flexibility index (Phi) is 2.44. The zero-order chi connectivity index (χ0) is 8.27. The van der Waals surface area contributed by atoms with Crippen LogP contribution in [0.3, 0.4) is 0 Å². The Bertz CT molecular complexity index is 196. The Hall–Kier alpha value is -1.08. The number of hydrogen-bond acceptors (Lipinski definition) is 2. The van der Waals surface area contributed by atoms with Crippen LogP contribution in [0.4, 0.5) is 0 Å². The van der Waals surface area contributed by atoms with Crippen LogP contribution < -0.4 is 5.73 Å². The van der Waals surface area contributed by atoms with Gasteiger partial charge in [-0.15, -0.1) is 0 Å². The average Bonchev–Trinajstić information content (AvgIpc) is 2.50. The second kappa shape index (κ2) is 3.35. The molecule has 1 aliphatic heterocycles. The molecule has 0 aliphatic carbocycles. The summed E-state index contributed by atoms with van der Waals surface area (Å²) in [7, 11) is 0. The zero-order valence-corrected chi connectivity index (χ0v) is 6.21. The highest BCUT2D eigenvalue weighted by Gasteiger charge is 2.27. The van der Waals surface area contributed by atoms with Gasteiger partial charge in [0.1, 0.15) is 6.04 Å². The predicted molar refractivity (Wildman–Crippen MR) is 38.3 cm³/mol. The molecule has 0 bridgehead atoms. The molecule has 4 heteroatoms. The molecule has 1 radical (unpaired) electrons. The molecule has 1 N–H and O–H groups in total. The molecule has 0 saturated carbocycles. The number of amides is 1. The van der Waals surface area contributed by atoms with E-state index in [1.165, 1.54) is 4.90 Å². The van der Waals surface area contributed by atoms with Crippen LogP contribution in [-0.4, -0.2) is 29.9 Å². The number of nitrogens with zero attached hydrogens (tertiary/aromatic N) is 2. The molecule has 4 nitrogen and oxygen atoms in total. The molecule has 11 heavy (non-hydrogen) atoms. The van der Waals surface area contributed by atoms with E-state index in [0.717, 1.165) is 12.8 Å². The Labute approximate surface area is 65.6 Å². The lowest BCUT2D eigenvalue weighted by Gasteiger charge is -2.17. The van der Waals surface area contributed by atoms with Gasteiger partial charge in [0, 0.05) is 6.54 Å². The van der Waals surface area contributed by atoms with Gasteiger partial charge in [0.25, 0.3) is 0 Å². The maximum absolute atomic E-state index is 11.0. The van der Waals surface area contributed by atoms with Gasteiger partial charge in [0.15, 0.2) is 0 Å². The molecule has 0 aromatic carbocycles. The number of carbonyl (C=O) groups excluding carboxylic acids is 1. The van der Waals surface area contributed by atoms with E-state index >= 15 is 0 Å². The smallest absolute Gasteiger partial charge is 0.239 e. The van der Waals surface area contributed by atoms with E-state index in [1.54, 1.807) is 0 Å². The van der Waals surface area contributed by atoms with E-state index in [-0.39, 0.29) is 18.5 Å². The highest BCUT2D eigenvalue weighted by Crippen LogP contribution is 2.15. The SMILES string of the molecule is N#CC1CCCN1C(=O)C[NH]. The molecule has 1 rings (SSSR count). The van der Waals surface area contributed by atoms with Gasteiger partial charge in [-0.1, -0.05) is 0 Å². The minimum atomic E-state index is -0.271. The highest BCUT2D eigenvalue weighted by molar-refractivity contribution is 5.78. The molecular formula is C7H10N3O. The number of rotatable bonds is 1. The van der Waals surface area contributed by atoms with Crippen molar-refractivity contribution in [1.82, 2.24) is 10.6 Å². The van der Waals surface area contributed by atoms with Crippen LogP contribution in [0.25, 0.3) is 0 Å². The monoisotopic (exact) mass is 152 g/mol. The molecule has 1 amide bonds. The van der Waals surface area contributed by atoms with Crippen LogP contribution in [0.5, 0.6) is 0 Å². The largest absolute Gasteiger partial charge is 0.326 e. The zero-order valence-electron chi connectivity index (χ0n) is 6.21. The number of nitriles is 1. The molecule has 1 aliphatic rings. The third-order valence-electron chi connectivity index (χ3n) is 1.87. The predicted octanol–water partition coefficient (Wildman–Crippen LogP) is -0.216. The fourth-order valence-electron chi connectivity index (χ4n) is 1.30. The van der Waals surface area contributed by atoms with Gasteiger partial charge in [-0.3, -0.25) is 4.79 Å². The van der Waals surface area contributed by atoms with Gasteiger partial charge in [-0.2, -0.15) is 5.26 Å². The summed E-state index contributed by atoms with van der Waals surface area (Å²) in [6, 6.07) is 1.78. The van der Waals surface area contributed by atoms with Crippen LogP contribution in [0.2, 0.25) is 0 Å². The lowest BCUT2D eigenvalue weighted by Crippen LogP contribution is -2.36. The summed E-state index contributed by atoms with van der Waals surface area (Å²) in [5.74, 6) is -0.228. The molecule has 0 aromatic heterocycles. The van der Waals surface area contributed by atoms with Gasteiger partial charge >= 0.3 is 0 Å². The van der Waals surface area contributed by atoms with Crippen molar-refractivity contribution in [3.8, 4) is 6.07 Å². The van der Waals surface area contributed by atoms with Gasteiger partial charge in [-0.25, -0.2) is 5.73 Å². The fraction of sp³-hybridized carbons (Fsp3) is 0.714. The van der Waals surface area contributed by atoms with Crippen molar-refractivity contribution < 1.29 is 4.79 Å². The fourth-order valence-corrected chi connectivity index (χ4v) is 1.30. The molecule has 1 saturated heterocycles. The first-order valence-corrected chi connectivity index (χ1v) is 3.63. The minimum Gasteiger partial charge on any atom is -0.326 e. The van der Waals surface area contributed by atoms with Crippen LogP contribution in [0, 0.1) is 11.3 Å². The van der Waals surface area contributed by atoms with E-state index in [4.69, 9.17) is 11.0 Å². The van der Waals surface area contributed by atoms with Crippen LogP contribution in [-0.2, 0) is 4.79 Å². The first-order valence-electron chi connectivity index (χ1n) is 3.63. The Balaban J connectivity index is 2.58. The molecule has 1 fully saturated rings. The van der Waals surface area contributed by atoms with Crippen LogP contribution >= 0.6 is 0 Å². The first kappa shape index (κ1) is 8.02. The van der Waals surface area contributed by atoms with E-state index in [0.29, 0.717) is 6.54 Å². The second-order valence-electron chi connectivity index (χ2n) is 2.55. The number of carbonyl (C=O) groups is 1. The summed E-state index contributed by atoms with van der Waals surface area (Å²) in [6.07, 6.45) is 1.66. The van der Waals surface area contributed by atoms with E-state index in [9.17, 15) is 4.79 Å². The van der Waals surface area contributed by atoms with Gasteiger partial charge in [0.2, 0.25) is 5.91 Å². The topological polar surface area (TPSA) is 67.9 Å². The summed E-state index contributed by atoms with van der Waals surface area (Å²) >= 11 is 0. The lowest BCUT2D eigenvalue weighted by molar-refractivity contribution is -0.129. The van der Waals surface area contributed by atoms with Crippen molar-refractivity contribution >= 4 is 5.91 Å². The Morgan fingerprint density at radius 3 is 3.09 bits per heavy atom. The molecule has 1 unspecified atom stereocenters. The highest BCUT2D eigenvalue weighted by atomic mass is 16.2. The number of hydrogen-bond donors (Lipinski definition) is 0. The van der Waals surface area contributed by atoms with Crippen molar-refractivity contribution in [2.75, 3.05) is 13.1 Å². The minimum absolute atomic E-state index is 0.228. The maximum Gasteiger partial charge on any atom is 0.239 e. The molecule has 0 aromatic rings. The molecular weight excluding hydrogens is 142 g/mol. The lowest BCUT2D eigenvalue weighted by atomic mass is 10.2. The van der Waals surface area contributed by atoms with E-state index < -0.39 is 0 Å². The summed E-state index contributed by atoms with van der Waals surface area (Å²) in [5, 5.41) is 8.58. The molecule has 1 atom stereocenters. The number of nitrogens with one attached hydrogen (secondary N) is 1. The van der Waals surface area contributed by atoms with Crippen molar-refractivity contribution in [2.45, 2.75) is 18.9 Å². The number of likely N-dealkylation sites (tertiary alicyclic amines) is 1. The van der Waals surface area contributed by atoms with Gasteiger partial charge in [0.05, 0.1) is 12.6 Å². The first-order chi connectivity index (χ1) is 5.29. The second-order valence-corrected chi connectivity index (χ2v) is 2.55. The third-order valence-corrected chi connectivity index (χ3v) is 1.87. The quantitative estimate of drug-likeness (QED) is 0.521. The van der Waals surface area contributed by atoms with Crippen molar-refractivity contribution in [3.63, 3.8) is 0 Å². The summed E-state index contributed by atoms with van der Waals surface area (Å²) in [6.45, 7) is 0.411. The van der Waals surface area contributed by atoms with Gasteiger partial charge in [-0.05, 0) is 12.8 Å². The van der Waals surface area contributed by atoms with Crippen molar-refractivity contribution in [3.05, 3.63) is 0 Å². The van der Waals surface area contributed by atoms with E-state index in [2.05, 4.69) is 6.07 Å².